The lowest BCUT2D eigenvalue weighted by atomic mass is 10.0. The number of aromatic nitrogens is 1. The first-order chi connectivity index (χ1) is 19.4. The molecule has 0 saturated carbocycles. The van der Waals surface area contributed by atoms with E-state index in [-0.39, 0.29) is 33.6 Å². The Morgan fingerprint density at radius 1 is 0.878 bits per heavy atom. The van der Waals surface area contributed by atoms with E-state index in [1.807, 2.05) is 32.0 Å². The van der Waals surface area contributed by atoms with Crippen LogP contribution in [0, 0.1) is 13.8 Å². The zero-order chi connectivity index (χ0) is 29.5. The molecule has 4 aromatic carbocycles. The first-order valence-electron chi connectivity index (χ1n) is 12.3. The molecule has 5 aromatic rings. The van der Waals surface area contributed by atoms with Gasteiger partial charge in [0.15, 0.2) is 21.3 Å². The first-order valence-corrected chi connectivity index (χ1v) is 14.2. The van der Waals surface area contributed by atoms with Crippen LogP contribution in [-0.4, -0.2) is 40.7 Å². The Morgan fingerprint density at radius 3 is 2.34 bits per heavy atom. The quantitative estimate of drug-likeness (QED) is 0.111. The molecular formula is C30H25N3O7S. The average molecular weight is 572 g/mol. The predicted octanol–water partition coefficient (Wildman–Crippen LogP) is 7.20. The Balaban J connectivity index is 1.64. The van der Waals surface area contributed by atoms with E-state index in [0.717, 1.165) is 17.4 Å². The van der Waals surface area contributed by atoms with Crippen LogP contribution in [-0.2, 0) is 9.84 Å². The van der Waals surface area contributed by atoms with E-state index in [1.54, 1.807) is 30.3 Å². The highest BCUT2D eigenvalue weighted by atomic mass is 32.2. The SMILES string of the molecule is Cc1ccc(-n2c(O)c(N=Nc3cccc(-c4cccc(OC(=O)O)c4)c3O)c3ccc(S(C)(=O)=O)cc32)cc1C. The van der Waals surface area contributed by atoms with E-state index in [1.165, 1.54) is 34.9 Å². The Hall–Kier alpha value is -5.16. The van der Waals surface area contributed by atoms with Gasteiger partial charge in [0.2, 0.25) is 5.88 Å². The fourth-order valence-electron chi connectivity index (χ4n) is 4.47. The summed E-state index contributed by atoms with van der Waals surface area (Å²) in [6.45, 7) is 3.90. The summed E-state index contributed by atoms with van der Waals surface area (Å²) in [7, 11) is -3.54. The smallest absolute Gasteiger partial charge is 0.505 e. The summed E-state index contributed by atoms with van der Waals surface area (Å²) >= 11 is 0. The maximum absolute atomic E-state index is 12.3. The zero-order valence-electron chi connectivity index (χ0n) is 22.2. The summed E-state index contributed by atoms with van der Waals surface area (Å²) in [4.78, 5) is 11.0. The molecular weight excluding hydrogens is 546 g/mol. The van der Waals surface area contributed by atoms with E-state index >= 15 is 0 Å². The first kappa shape index (κ1) is 27.4. The van der Waals surface area contributed by atoms with Crippen LogP contribution in [0.5, 0.6) is 17.4 Å². The number of nitrogens with zero attached hydrogens (tertiary/aromatic N) is 3. The molecule has 5 rings (SSSR count). The number of carbonyl (C=O) groups is 1. The van der Waals surface area contributed by atoms with Crippen molar-refractivity contribution >= 4 is 38.3 Å². The molecule has 0 aliphatic heterocycles. The Kier molecular flexibility index (Phi) is 6.97. The molecule has 0 aliphatic rings. The van der Waals surface area contributed by atoms with Crippen molar-refractivity contribution in [3.05, 3.63) is 90.0 Å². The van der Waals surface area contributed by atoms with Gasteiger partial charge in [-0.1, -0.05) is 30.3 Å². The van der Waals surface area contributed by atoms with Gasteiger partial charge in [-0.05, 0) is 79.1 Å². The number of hydrogen-bond donors (Lipinski definition) is 3. The van der Waals surface area contributed by atoms with Crippen molar-refractivity contribution in [1.29, 1.82) is 0 Å². The minimum absolute atomic E-state index is 0.0792. The summed E-state index contributed by atoms with van der Waals surface area (Å²) < 4.78 is 30.8. The van der Waals surface area contributed by atoms with Crippen molar-refractivity contribution in [3.8, 4) is 34.2 Å². The second kappa shape index (κ2) is 10.4. The fraction of sp³-hybridized carbons (Fsp3) is 0.100. The molecule has 0 atom stereocenters. The van der Waals surface area contributed by atoms with Crippen molar-refractivity contribution in [1.82, 2.24) is 4.57 Å². The van der Waals surface area contributed by atoms with Crippen LogP contribution in [0.3, 0.4) is 0 Å². The molecule has 0 aliphatic carbocycles. The van der Waals surface area contributed by atoms with Crippen LogP contribution in [0.4, 0.5) is 16.2 Å². The number of sulfone groups is 1. The highest BCUT2D eigenvalue weighted by Crippen LogP contribution is 2.44. The van der Waals surface area contributed by atoms with Gasteiger partial charge in [-0.15, -0.1) is 10.2 Å². The minimum atomic E-state index is -3.54. The van der Waals surface area contributed by atoms with Gasteiger partial charge >= 0.3 is 6.16 Å². The maximum Gasteiger partial charge on any atom is 0.511 e. The van der Waals surface area contributed by atoms with E-state index in [9.17, 15) is 23.4 Å². The van der Waals surface area contributed by atoms with Crippen LogP contribution >= 0.6 is 0 Å². The van der Waals surface area contributed by atoms with Gasteiger partial charge < -0.3 is 20.1 Å². The van der Waals surface area contributed by atoms with Crippen LogP contribution in [0.15, 0.2) is 94.0 Å². The van der Waals surface area contributed by atoms with Gasteiger partial charge in [0.05, 0.1) is 10.4 Å². The van der Waals surface area contributed by atoms with Crippen LogP contribution in [0.2, 0.25) is 0 Å². The molecule has 208 valence electrons. The van der Waals surface area contributed by atoms with E-state index < -0.39 is 16.0 Å². The summed E-state index contributed by atoms with van der Waals surface area (Å²) in [6, 6.07) is 21.1. The maximum atomic E-state index is 12.3. The van der Waals surface area contributed by atoms with E-state index in [4.69, 9.17) is 9.84 Å². The lowest BCUT2D eigenvalue weighted by molar-refractivity contribution is 0.144. The number of phenolic OH excluding ortho intramolecular Hbond substituents is 1. The van der Waals surface area contributed by atoms with Crippen molar-refractivity contribution in [2.75, 3.05) is 6.26 Å². The lowest BCUT2D eigenvalue weighted by Gasteiger charge is -2.10. The lowest BCUT2D eigenvalue weighted by Crippen LogP contribution is -2.02. The standard InChI is InChI=1S/C30H25N3O7S/c1-17-10-11-20(14-18(17)2)33-26-16-22(41(3,38)39)12-13-24(26)27(29(33)35)32-31-25-9-5-8-23(28(25)34)19-6-4-7-21(15-19)40-30(36)37/h4-16,34-35H,1-3H3,(H,36,37). The van der Waals surface area contributed by atoms with E-state index in [0.29, 0.717) is 27.7 Å². The Morgan fingerprint density at radius 2 is 1.63 bits per heavy atom. The number of rotatable bonds is 6. The number of ether oxygens (including phenoxy) is 1. The molecule has 0 radical (unpaired) electrons. The third kappa shape index (κ3) is 5.35. The van der Waals surface area contributed by atoms with Gasteiger partial charge in [0.1, 0.15) is 11.4 Å². The van der Waals surface area contributed by atoms with Crippen molar-refractivity contribution in [3.63, 3.8) is 0 Å². The minimum Gasteiger partial charge on any atom is -0.505 e. The molecule has 0 unspecified atom stereocenters. The van der Waals surface area contributed by atoms with Crippen molar-refractivity contribution in [2.24, 2.45) is 10.2 Å². The highest BCUT2D eigenvalue weighted by Gasteiger charge is 2.21. The summed E-state index contributed by atoms with van der Waals surface area (Å²) in [5.41, 5.74) is 4.07. The zero-order valence-corrected chi connectivity index (χ0v) is 23.0. The van der Waals surface area contributed by atoms with E-state index in [2.05, 4.69) is 10.2 Å². The summed E-state index contributed by atoms with van der Waals surface area (Å²) in [5, 5.41) is 40.2. The number of aryl methyl sites for hydroxylation is 2. The molecule has 0 saturated heterocycles. The number of aromatic hydroxyl groups is 2. The van der Waals surface area contributed by atoms with Gasteiger partial charge in [-0.2, -0.15) is 0 Å². The highest BCUT2D eigenvalue weighted by molar-refractivity contribution is 7.90. The second-order valence-corrected chi connectivity index (χ2v) is 11.5. The van der Waals surface area contributed by atoms with Crippen molar-refractivity contribution < 1.29 is 33.3 Å². The molecule has 0 fully saturated rings. The van der Waals surface area contributed by atoms with Crippen molar-refractivity contribution in [2.45, 2.75) is 18.7 Å². The molecule has 3 N–H and O–H groups in total. The number of hydrogen-bond acceptors (Lipinski definition) is 8. The normalized spacial score (nSPS) is 11.8. The van der Waals surface area contributed by atoms with Gasteiger partial charge in [-0.25, -0.2) is 13.2 Å². The molecule has 0 spiro atoms. The third-order valence-electron chi connectivity index (χ3n) is 6.69. The molecule has 10 nitrogen and oxygen atoms in total. The van der Waals surface area contributed by atoms with Gasteiger partial charge in [0, 0.05) is 22.9 Å². The number of phenols is 1. The molecule has 1 aromatic heterocycles. The average Bonchev–Trinajstić information content (AvgIpc) is 3.19. The predicted molar refractivity (Wildman–Crippen MR) is 154 cm³/mol. The van der Waals surface area contributed by atoms with Crippen LogP contribution in [0.25, 0.3) is 27.7 Å². The van der Waals surface area contributed by atoms with Gasteiger partial charge in [0.25, 0.3) is 0 Å². The topological polar surface area (TPSA) is 151 Å². The van der Waals surface area contributed by atoms with Gasteiger partial charge in [-0.3, -0.25) is 4.57 Å². The number of para-hydroxylation sites is 1. The molecule has 0 amide bonds. The molecule has 41 heavy (non-hydrogen) atoms. The summed E-state index contributed by atoms with van der Waals surface area (Å²) in [6.07, 6.45) is -0.352. The molecule has 0 bridgehead atoms. The molecule has 11 heteroatoms. The molecule has 1 heterocycles. The van der Waals surface area contributed by atoms with Crippen LogP contribution < -0.4 is 4.74 Å². The fourth-order valence-corrected chi connectivity index (χ4v) is 5.11. The number of benzene rings is 4. The van der Waals surface area contributed by atoms with Crippen LogP contribution in [0.1, 0.15) is 11.1 Å². The Labute approximate surface area is 235 Å². The largest absolute Gasteiger partial charge is 0.511 e. The number of fused-ring (bicyclic) bond motifs is 1. The third-order valence-corrected chi connectivity index (χ3v) is 7.80. The number of azo groups is 1. The second-order valence-electron chi connectivity index (χ2n) is 9.50. The number of carboxylic acid groups (broad SMARTS) is 1. The monoisotopic (exact) mass is 571 g/mol. The summed E-state index contributed by atoms with van der Waals surface area (Å²) in [5.74, 6) is -0.397. The Bertz CT molecular complexity index is 1980.